The standard InChI is InChI=1S/C18H21F3N2O4/c19-18(20,21)12-2-1-3-13(8-12)22-16(27)23-7-6-14(24)17(10-23,15(25)26)9-11-4-5-11/h1-3,8,11,14,24H,4-7,9-10H2,(H,22,27)(H,25,26)/t14-,17-/m1/s1. The number of anilines is 1. The Morgan fingerprint density at radius 1 is 1.26 bits per heavy atom. The summed E-state index contributed by atoms with van der Waals surface area (Å²) in [5.41, 5.74) is -2.35. The number of halogens is 3. The van der Waals surface area contributed by atoms with Crippen LogP contribution in [0, 0.1) is 11.3 Å². The Morgan fingerprint density at radius 3 is 2.56 bits per heavy atom. The van der Waals surface area contributed by atoms with Gasteiger partial charge in [0, 0.05) is 18.8 Å². The van der Waals surface area contributed by atoms with E-state index in [9.17, 15) is 33.0 Å². The smallest absolute Gasteiger partial charge is 0.416 e. The molecule has 1 aliphatic heterocycles. The number of aliphatic carboxylic acids is 1. The van der Waals surface area contributed by atoms with Gasteiger partial charge in [-0.2, -0.15) is 13.2 Å². The van der Waals surface area contributed by atoms with E-state index in [2.05, 4.69) is 5.32 Å². The molecular formula is C18H21F3N2O4. The minimum Gasteiger partial charge on any atom is -0.481 e. The summed E-state index contributed by atoms with van der Waals surface area (Å²) in [7, 11) is 0. The Kier molecular flexibility index (Phi) is 5.07. The Morgan fingerprint density at radius 2 is 1.96 bits per heavy atom. The second kappa shape index (κ2) is 7.03. The maximum atomic E-state index is 12.8. The number of likely N-dealkylation sites (tertiary alicyclic amines) is 1. The average molecular weight is 386 g/mol. The molecule has 3 rings (SSSR count). The van der Waals surface area contributed by atoms with E-state index in [0.29, 0.717) is 0 Å². The van der Waals surface area contributed by atoms with E-state index in [1.165, 1.54) is 17.0 Å². The van der Waals surface area contributed by atoms with Gasteiger partial charge in [-0.25, -0.2) is 4.79 Å². The number of rotatable bonds is 4. The van der Waals surface area contributed by atoms with Crippen molar-refractivity contribution in [2.45, 2.75) is 38.0 Å². The molecule has 27 heavy (non-hydrogen) atoms. The number of alkyl halides is 3. The zero-order chi connectivity index (χ0) is 19.8. The van der Waals surface area contributed by atoms with E-state index in [0.717, 1.165) is 25.0 Å². The molecule has 2 amide bonds. The van der Waals surface area contributed by atoms with Crippen molar-refractivity contribution in [2.75, 3.05) is 18.4 Å². The van der Waals surface area contributed by atoms with Gasteiger partial charge in [-0.15, -0.1) is 0 Å². The van der Waals surface area contributed by atoms with E-state index < -0.39 is 35.3 Å². The van der Waals surface area contributed by atoms with E-state index >= 15 is 0 Å². The fraction of sp³-hybridized carbons (Fsp3) is 0.556. The number of aliphatic hydroxyl groups excluding tert-OH is 1. The zero-order valence-electron chi connectivity index (χ0n) is 14.5. The van der Waals surface area contributed by atoms with Crippen LogP contribution in [0.1, 0.15) is 31.2 Å². The average Bonchev–Trinajstić information content (AvgIpc) is 3.40. The predicted molar refractivity (Wildman–Crippen MR) is 90.1 cm³/mol. The third kappa shape index (κ3) is 4.18. The molecule has 0 spiro atoms. The number of carbonyl (C=O) groups is 2. The molecule has 2 aliphatic rings. The van der Waals surface area contributed by atoms with Gasteiger partial charge in [-0.05, 0) is 37.0 Å². The molecule has 0 unspecified atom stereocenters. The summed E-state index contributed by atoms with van der Waals surface area (Å²) in [5.74, 6) is -0.930. The van der Waals surface area contributed by atoms with Crippen molar-refractivity contribution in [1.29, 1.82) is 0 Å². The summed E-state index contributed by atoms with van der Waals surface area (Å²) in [4.78, 5) is 25.6. The first kappa shape index (κ1) is 19.5. The van der Waals surface area contributed by atoms with Crippen molar-refractivity contribution in [2.24, 2.45) is 11.3 Å². The molecule has 1 heterocycles. The number of nitrogens with zero attached hydrogens (tertiary/aromatic N) is 1. The zero-order valence-corrected chi connectivity index (χ0v) is 14.5. The third-order valence-corrected chi connectivity index (χ3v) is 5.29. The highest BCUT2D eigenvalue weighted by Crippen LogP contribution is 2.45. The molecule has 0 aromatic heterocycles. The highest BCUT2D eigenvalue weighted by Gasteiger charge is 2.52. The van der Waals surface area contributed by atoms with Gasteiger partial charge in [-0.3, -0.25) is 4.79 Å². The number of benzene rings is 1. The molecule has 0 bridgehead atoms. The van der Waals surface area contributed by atoms with Crippen molar-refractivity contribution in [3.8, 4) is 0 Å². The number of amides is 2. The Labute approximate surface area is 154 Å². The molecule has 6 nitrogen and oxygen atoms in total. The second-order valence-corrected chi connectivity index (χ2v) is 7.34. The minimum atomic E-state index is -4.53. The van der Waals surface area contributed by atoms with Crippen LogP contribution in [0.5, 0.6) is 0 Å². The van der Waals surface area contributed by atoms with Crippen LogP contribution in [-0.2, 0) is 11.0 Å². The van der Waals surface area contributed by atoms with Gasteiger partial charge < -0.3 is 20.4 Å². The number of carboxylic acid groups (broad SMARTS) is 1. The van der Waals surface area contributed by atoms with Gasteiger partial charge in [0.05, 0.1) is 11.7 Å². The van der Waals surface area contributed by atoms with Crippen LogP contribution in [0.3, 0.4) is 0 Å². The topological polar surface area (TPSA) is 89.9 Å². The molecule has 2 fully saturated rings. The van der Waals surface area contributed by atoms with Crippen molar-refractivity contribution >= 4 is 17.7 Å². The Bertz CT molecular complexity index is 736. The highest BCUT2D eigenvalue weighted by molar-refractivity contribution is 5.90. The number of nitrogens with one attached hydrogen (secondary N) is 1. The number of hydrogen-bond donors (Lipinski definition) is 3. The summed E-state index contributed by atoms with van der Waals surface area (Å²) in [5, 5.41) is 22.4. The van der Waals surface area contributed by atoms with Crippen molar-refractivity contribution < 1.29 is 33.0 Å². The maximum Gasteiger partial charge on any atom is 0.416 e. The van der Waals surface area contributed by atoms with Crippen LogP contribution >= 0.6 is 0 Å². The largest absolute Gasteiger partial charge is 0.481 e. The fourth-order valence-corrected chi connectivity index (χ4v) is 3.56. The number of urea groups is 1. The van der Waals surface area contributed by atoms with Gasteiger partial charge in [0.15, 0.2) is 0 Å². The van der Waals surface area contributed by atoms with Crippen LogP contribution in [-0.4, -0.2) is 46.3 Å². The van der Waals surface area contributed by atoms with Crippen molar-refractivity contribution in [3.05, 3.63) is 29.8 Å². The summed E-state index contributed by atoms with van der Waals surface area (Å²) in [6.45, 7) is -0.0452. The molecule has 1 saturated heterocycles. The van der Waals surface area contributed by atoms with Crippen LogP contribution in [0.25, 0.3) is 0 Å². The summed E-state index contributed by atoms with van der Waals surface area (Å²) >= 11 is 0. The van der Waals surface area contributed by atoms with Crippen LogP contribution in [0.4, 0.5) is 23.7 Å². The first-order valence-corrected chi connectivity index (χ1v) is 8.76. The Balaban J connectivity index is 1.74. The SMILES string of the molecule is O=C(Nc1cccc(C(F)(F)F)c1)N1CC[C@@H](O)[C@](CC2CC2)(C(=O)O)C1. The van der Waals surface area contributed by atoms with E-state index in [1.54, 1.807) is 0 Å². The normalized spacial score (nSPS) is 25.9. The van der Waals surface area contributed by atoms with Gasteiger partial charge in [0.1, 0.15) is 5.41 Å². The summed E-state index contributed by atoms with van der Waals surface area (Å²) < 4.78 is 38.4. The van der Waals surface area contributed by atoms with Crippen LogP contribution in [0.2, 0.25) is 0 Å². The quantitative estimate of drug-likeness (QED) is 0.741. The number of aliphatic hydroxyl groups is 1. The number of carboxylic acids is 1. The molecule has 0 radical (unpaired) electrons. The number of piperidine rings is 1. The molecule has 148 valence electrons. The lowest BCUT2D eigenvalue weighted by molar-refractivity contribution is -0.163. The molecule has 3 N–H and O–H groups in total. The van der Waals surface area contributed by atoms with Gasteiger partial charge in [-0.1, -0.05) is 18.9 Å². The molecule has 1 aromatic carbocycles. The summed E-state index contributed by atoms with van der Waals surface area (Å²) in [6, 6.07) is 3.57. The molecule has 9 heteroatoms. The van der Waals surface area contributed by atoms with Crippen molar-refractivity contribution in [1.82, 2.24) is 4.90 Å². The predicted octanol–water partition coefficient (Wildman–Crippen LogP) is 3.18. The Hall–Kier alpha value is -2.29. The van der Waals surface area contributed by atoms with E-state index in [4.69, 9.17) is 0 Å². The minimum absolute atomic E-state index is 0.0240. The van der Waals surface area contributed by atoms with E-state index in [1.807, 2.05) is 0 Å². The van der Waals surface area contributed by atoms with Crippen LogP contribution in [0.15, 0.2) is 24.3 Å². The van der Waals surface area contributed by atoms with Crippen molar-refractivity contribution in [3.63, 3.8) is 0 Å². The molecule has 1 aromatic rings. The third-order valence-electron chi connectivity index (χ3n) is 5.29. The first-order valence-electron chi connectivity index (χ1n) is 8.76. The monoisotopic (exact) mass is 386 g/mol. The lowest BCUT2D eigenvalue weighted by atomic mass is 9.73. The summed E-state index contributed by atoms with van der Waals surface area (Å²) in [6.07, 6.45) is -3.39. The van der Waals surface area contributed by atoms with E-state index in [-0.39, 0.29) is 37.5 Å². The molecule has 1 aliphatic carbocycles. The van der Waals surface area contributed by atoms with Gasteiger partial charge >= 0.3 is 18.2 Å². The first-order chi connectivity index (χ1) is 12.6. The van der Waals surface area contributed by atoms with Crippen LogP contribution < -0.4 is 5.32 Å². The number of carbonyl (C=O) groups excluding carboxylic acids is 1. The van der Waals surface area contributed by atoms with Gasteiger partial charge in [0.25, 0.3) is 0 Å². The lowest BCUT2D eigenvalue weighted by Crippen LogP contribution is -2.58. The molecule has 2 atom stereocenters. The highest BCUT2D eigenvalue weighted by atomic mass is 19.4. The maximum absolute atomic E-state index is 12.8. The van der Waals surface area contributed by atoms with Gasteiger partial charge in [0.2, 0.25) is 0 Å². The molecular weight excluding hydrogens is 365 g/mol. The molecule has 1 saturated carbocycles. The second-order valence-electron chi connectivity index (χ2n) is 7.34. The fourth-order valence-electron chi connectivity index (χ4n) is 3.56. The lowest BCUT2D eigenvalue weighted by Gasteiger charge is -2.43. The number of hydrogen-bond acceptors (Lipinski definition) is 3.